The maximum Gasteiger partial charge on any atom is 0.344 e. The Morgan fingerprint density at radius 2 is 1.70 bits per heavy atom. The van der Waals surface area contributed by atoms with E-state index in [9.17, 15) is 14.4 Å². The number of carbonyl (C=O) groups is 3. The van der Waals surface area contributed by atoms with E-state index in [2.05, 4.69) is 0 Å². The standard InChI is InChI=1S/C17H24O6/c1-16(2,3)23-15(20)11-21-13(18)5-6-14(19)22-12-9-17(10-12)7-4-8-17/h5-6,12H,4,7-11H2,1-3H3/b6-5+. The number of carbonyl (C=O) groups excluding carboxylic acids is 3. The lowest BCUT2D eigenvalue weighted by Gasteiger charge is -2.53. The molecule has 2 aliphatic carbocycles. The lowest BCUT2D eigenvalue weighted by Crippen LogP contribution is -2.47. The zero-order chi connectivity index (χ0) is 17.1. The van der Waals surface area contributed by atoms with Gasteiger partial charge in [0.05, 0.1) is 0 Å². The second-order valence-electron chi connectivity index (χ2n) is 7.35. The van der Waals surface area contributed by atoms with E-state index in [1.54, 1.807) is 20.8 Å². The third kappa shape index (κ3) is 5.37. The van der Waals surface area contributed by atoms with Crippen LogP contribution in [0.4, 0.5) is 0 Å². The molecule has 0 amide bonds. The summed E-state index contributed by atoms with van der Waals surface area (Å²) in [5.41, 5.74) is -0.204. The van der Waals surface area contributed by atoms with Crippen LogP contribution in [0.25, 0.3) is 0 Å². The van der Waals surface area contributed by atoms with Crippen molar-refractivity contribution < 1.29 is 28.6 Å². The van der Waals surface area contributed by atoms with E-state index < -0.39 is 30.1 Å². The molecule has 0 aromatic rings. The highest BCUT2D eigenvalue weighted by molar-refractivity contribution is 5.92. The summed E-state index contributed by atoms with van der Waals surface area (Å²) >= 11 is 0. The van der Waals surface area contributed by atoms with Gasteiger partial charge in [-0.25, -0.2) is 14.4 Å². The van der Waals surface area contributed by atoms with Gasteiger partial charge in [-0.05, 0) is 51.9 Å². The molecule has 0 unspecified atom stereocenters. The Bertz CT molecular complexity index is 502. The van der Waals surface area contributed by atoms with Crippen molar-refractivity contribution in [3.05, 3.63) is 12.2 Å². The minimum Gasteiger partial charge on any atom is -0.459 e. The average Bonchev–Trinajstić information content (AvgIpc) is 2.33. The van der Waals surface area contributed by atoms with Crippen LogP contribution in [0.1, 0.15) is 52.9 Å². The van der Waals surface area contributed by atoms with Gasteiger partial charge in [-0.15, -0.1) is 0 Å². The van der Waals surface area contributed by atoms with Crippen molar-refractivity contribution in [3.8, 4) is 0 Å². The molecule has 0 saturated heterocycles. The van der Waals surface area contributed by atoms with Gasteiger partial charge in [0.1, 0.15) is 11.7 Å². The molecule has 128 valence electrons. The van der Waals surface area contributed by atoms with Gasteiger partial charge in [-0.3, -0.25) is 0 Å². The van der Waals surface area contributed by atoms with Crippen molar-refractivity contribution in [1.82, 2.24) is 0 Å². The van der Waals surface area contributed by atoms with Gasteiger partial charge in [0.2, 0.25) is 0 Å². The van der Waals surface area contributed by atoms with Crippen LogP contribution in [0.3, 0.4) is 0 Å². The third-order valence-electron chi connectivity index (χ3n) is 4.13. The van der Waals surface area contributed by atoms with Crippen LogP contribution in [-0.2, 0) is 28.6 Å². The zero-order valence-corrected chi connectivity index (χ0v) is 13.9. The summed E-state index contributed by atoms with van der Waals surface area (Å²) in [4.78, 5) is 34.4. The molecule has 0 aromatic heterocycles. The quantitative estimate of drug-likeness (QED) is 0.439. The van der Waals surface area contributed by atoms with Crippen LogP contribution in [0.15, 0.2) is 12.2 Å². The molecule has 1 spiro atoms. The van der Waals surface area contributed by atoms with Gasteiger partial charge >= 0.3 is 17.9 Å². The fourth-order valence-electron chi connectivity index (χ4n) is 2.96. The minimum absolute atomic E-state index is 0.0368. The van der Waals surface area contributed by atoms with Crippen LogP contribution in [0.2, 0.25) is 0 Å². The maximum atomic E-state index is 11.6. The molecule has 2 saturated carbocycles. The van der Waals surface area contributed by atoms with E-state index in [1.165, 1.54) is 19.3 Å². The largest absolute Gasteiger partial charge is 0.459 e. The molecule has 0 heterocycles. The number of esters is 3. The van der Waals surface area contributed by atoms with Crippen molar-refractivity contribution in [3.63, 3.8) is 0 Å². The monoisotopic (exact) mass is 324 g/mol. The summed E-state index contributed by atoms with van der Waals surface area (Å²) in [6, 6.07) is 0. The van der Waals surface area contributed by atoms with Crippen molar-refractivity contribution >= 4 is 17.9 Å². The lowest BCUT2D eigenvalue weighted by molar-refractivity contribution is -0.164. The first-order chi connectivity index (χ1) is 10.7. The summed E-state index contributed by atoms with van der Waals surface area (Å²) in [7, 11) is 0. The Labute approximate surface area is 136 Å². The fraction of sp³-hybridized carbons (Fsp3) is 0.706. The van der Waals surface area contributed by atoms with E-state index >= 15 is 0 Å². The summed E-state index contributed by atoms with van der Waals surface area (Å²) in [6.07, 6.45) is 7.54. The van der Waals surface area contributed by atoms with Crippen molar-refractivity contribution in [2.75, 3.05) is 6.61 Å². The first-order valence-corrected chi connectivity index (χ1v) is 7.95. The SMILES string of the molecule is CC(C)(C)OC(=O)COC(=O)/C=C/C(=O)OC1CC2(CCC2)C1. The Hall–Kier alpha value is -1.85. The number of ether oxygens (including phenoxy) is 3. The van der Waals surface area contributed by atoms with Gasteiger partial charge < -0.3 is 14.2 Å². The molecule has 0 atom stereocenters. The number of hydrogen-bond donors (Lipinski definition) is 0. The Morgan fingerprint density at radius 1 is 1.09 bits per heavy atom. The Morgan fingerprint density at radius 3 is 2.22 bits per heavy atom. The summed E-state index contributed by atoms with van der Waals surface area (Å²) < 4.78 is 14.9. The third-order valence-corrected chi connectivity index (χ3v) is 4.13. The van der Waals surface area contributed by atoms with Gasteiger partial charge in [-0.1, -0.05) is 6.42 Å². The highest BCUT2D eigenvalue weighted by Gasteiger charge is 2.49. The molecule has 0 aliphatic heterocycles. The van der Waals surface area contributed by atoms with Crippen LogP contribution >= 0.6 is 0 Å². The lowest BCUT2D eigenvalue weighted by atomic mass is 9.55. The van der Waals surface area contributed by atoms with Crippen molar-refractivity contribution in [1.29, 1.82) is 0 Å². The van der Waals surface area contributed by atoms with Gasteiger partial charge in [0.25, 0.3) is 0 Å². The predicted octanol–water partition coefficient (Wildman–Crippen LogP) is 2.30. The van der Waals surface area contributed by atoms with Gasteiger partial charge in [-0.2, -0.15) is 0 Å². The first kappa shape index (κ1) is 17.5. The fourth-order valence-corrected chi connectivity index (χ4v) is 2.96. The Balaban J connectivity index is 1.61. The van der Waals surface area contributed by atoms with E-state index in [4.69, 9.17) is 14.2 Å². The first-order valence-electron chi connectivity index (χ1n) is 7.95. The van der Waals surface area contributed by atoms with Crippen LogP contribution < -0.4 is 0 Å². The highest BCUT2D eigenvalue weighted by Crippen LogP contribution is 2.56. The molecule has 23 heavy (non-hydrogen) atoms. The van der Waals surface area contributed by atoms with Gasteiger partial charge in [0.15, 0.2) is 6.61 Å². The number of hydrogen-bond acceptors (Lipinski definition) is 6. The molecule has 0 radical (unpaired) electrons. The summed E-state index contributed by atoms with van der Waals surface area (Å²) in [6.45, 7) is 4.67. The second kappa shape index (κ2) is 6.72. The van der Waals surface area contributed by atoms with E-state index in [0.717, 1.165) is 25.0 Å². The van der Waals surface area contributed by atoms with Gasteiger partial charge in [0, 0.05) is 12.2 Å². The topological polar surface area (TPSA) is 78.9 Å². The molecule has 0 aromatic carbocycles. The van der Waals surface area contributed by atoms with Crippen LogP contribution in [-0.4, -0.2) is 36.2 Å². The summed E-state index contributed by atoms with van der Waals surface area (Å²) in [5, 5.41) is 0. The molecule has 2 fully saturated rings. The smallest absolute Gasteiger partial charge is 0.344 e. The van der Waals surface area contributed by atoms with E-state index in [0.29, 0.717) is 5.41 Å². The molecular weight excluding hydrogens is 300 g/mol. The normalized spacial score (nSPS) is 19.8. The molecule has 6 nitrogen and oxygen atoms in total. The molecule has 2 aliphatic rings. The highest BCUT2D eigenvalue weighted by atomic mass is 16.6. The molecule has 0 bridgehead atoms. The molecule has 2 rings (SSSR count). The molecule has 6 heteroatoms. The predicted molar refractivity (Wildman–Crippen MR) is 81.3 cm³/mol. The molecule has 0 N–H and O–H groups in total. The van der Waals surface area contributed by atoms with Crippen LogP contribution in [0.5, 0.6) is 0 Å². The van der Waals surface area contributed by atoms with Crippen LogP contribution in [0, 0.1) is 5.41 Å². The minimum atomic E-state index is -0.781. The van der Waals surface area contributed by atoms with E-state index in [1.807, 2.05) is 0 Å². The molecular formula is C17H24O6. The number of rotatable bonds is 5. The zero-order valence-electron chi connectivity index (χ0n) is 13.9. The Kier molecular flexibility index (Phi) is 5.12. The van der Waals surface area contributed by atoms with E-state index in [-0.39, 0.29) is 6.10 Å². The summed E-state index contributed by atoms with van der Waals surface area (Å²) in [5.74, 6) is -1.97. The average molecular weight is 324 g/mol. The van der Waals surface area contributed by atoms with Crippen molar-refractivity contribution in [2.45, 2.75) is 64.6 Å². The van der Waals surface area contributed by atoms with Crippen molar-refractivity contribution in [2.24, 2.45) is 5.41 Å². The second-order valence-corrected chi connectivity index (χ2v) is 7.35. The maximum absolute atomic E-state index is 11.6.